The number of hydrogen-bond donors (Lipinski definition) is 0. The van der Waals surface area contributed by atoms with Gasteiger partial charge < -0.3 is 18.6 Å². The van der Waals surface area contributed by atoms with Crippen LogP contribution in [0.15, 0.2) is 12.3 Å². The molecule has 176 valence electrons. The van der Waals surface area contributed by atoms with Gasteiger partial charge in [-0.2, -0.15) is 0 Å². The van der Waals surface area contributed by atoms with Gasteiger partial charge in [0.25, 0.3) is 0 Å². The Kier molecular flexibility index (Phi) is 4.94. The number of rotatable bonds is 3. The molecule has 9 atom stereocenters. The van der Waals surface area contributed by atoms with E-state index in [4.69, 9.17) is 18.6 Å². The summed E-state index contributed by atoms with van der Waals surface area (Å²) in [5, 5.41) is 0. The molecule has 2 aliphatic heterocycles. The van der Waals surface area contributed by atoms with E-state index in [1.165, 1.54) is 25.7 Å². The molecule has 0 aromatic heterocycles. The van der Waals surface area contributed by atoms with E-state index < -0.39 is 8.32 Å². The van der Waals surface area contributed by atoms with Crippen molar-refractivity contribution in [3.8, 4) is 0 Å². The average molecular weight is 449 g/mol. The molecular weight excluding hydrogens is 404 g/mol. The molecule has 0 amide bonds. The predicted molar refractivity (Wildman–Crippen MR) is 125 cm³/mol. The summed E-state index contributed by atoms with van der Waals surface area (Å²) in [5.74, 6) is 2.06. The standard InChI is InChI=1S/C26H44O4Si/c1-23(2,3)28-20-10-9-18-17-15-21(30-31(6,7)8)26-13-14-27-22(29-26)16-25(26,5)19(17)11-12-24(18,20)4/h13-14,17-22H,9-12,15-16H2,1-8H3/t17-,18-,19-,20-,21?,22+,24-,25+,26-/m0/s1. The van der Waals surface area contributed by atoms with E-state index in [0.29, 0.717) is 23.9 Å². The second kappa shape index (κ2) is 6.83. The molecule has 1 unspecified atom stereocenters. The molecule has 2 heterocycles. The lowest BCUT2D eigenvalue weighted by Gasteiger charge is -2.62. The molecule has 5 heteroatoms. The van der Waals surface area contributed by atoms with Crippen LogP contribution in [0, 0.1) is 28.6 Å². The summed E-state index contributed by atoms with van der Waals surface area (Å²) in [6.45, 7) is 18.6. The maximum atomic E-state index is 6.95. The summed E-state index contributed by atoms with van der Waals surface area (Å²) in [7, 11) is -1.73. The van der Waals surface area contributed by atoms with Crippen molar-refractivity contribution in [1.29, 1.82) is 0 Å². The Morgan fingerprint density at radius 1 is 1.00 bits per heavy atom. The quantitative estimate of drug-likeness (QED) is 0.477. The fraction of sp³-hybridized carbons (Fsp3) is 0.923. The van der Waals surface area contributed by atoms with Gasteiger partial charge in [-0.3, -0.25) is 0 Å². The second-order valence-electron chi connectivity index (χ2n) is 13.6. The summed E-state index contributed by atoms with van der Waals surface area (Å²) in [4.78, 5) is 0. The molecular formula is C26H44O4Si. The zero-order chi connectivity index (χ0) is 22.4. The Hall–Kier alpha value is -0.363. The van der Waals surface area contributed by atoms with Crippen LogP contribution in [0.1, 0.15) is 73.1 Å². The lowest BCUT2D eigenvalue weighted by atomic mass is 9.45. The van der Waals surface area contributed by atoms with Crippen molar-refractivity contribution in [2.75, 3.05) is 0 Å². The SMILES string of the molecule is CC(C)(C)O[C@H]1CC[C@H]2[C@@H]3CC(O[Si](C)(C)C)[C@@]45C=CO[C@@H](C[C@]4(C)[C@H]3CC[C@]12C)O5. The van der Waals surface area contributed by atoms with Gasteiger partial charge in [0.1, 0.15) is 5.60 Å². The van der Waals surface area contributed by atoms with E-state index in [9.17, 15) is 0 Å². The summed E-state index contributed by atoms with van der Waals surface area (Å²) >= 11 is 0. The van der Waals surface area contributed by atoms with Crippen molar-refractivity contribution in [2.45, 2.75) is 122 Å². The highest BCUT2D eigenvalue weighted by Gasteiger charge is 2.72. The first-order chi connectivity index (χ1) is 14.3. The van der Waals surface area contributed by atoms with Gasteiger partial charge >= 0.3 is 0 Å². The van der Waals surface area contributed by atoms with Gasteiger partial charge in [0.2, 0.25) is 6.29 Å². The topological polar surface area (TPSA) is 36.9 Å². The highest BCUT2D eigenvalue weighted by atomic mass is 28.4. The number of fused-ring (bicyclic) bond motifs is 5. The molecule has 5 rings (SSSR count). The largest absolute Gasteiger partial charge is 0.473 e. The molecule has 5 aliphatic rings. The van der Waals surface area contributed by atoms with Crippen molar-refractivity contribution in [1.82, 2.24) is 0 Å². The molecule has 0 radical (unpaired) electrons. The molecule has 4 fully saturated rings. The first-order valence-corrected chi connectivity index (χ1v) is 16.0. The Balaban J connectivity index is 1.51. The maximum Gasteiger partial charge on any atom is 0.200 e. The predicted octanol–water partition coefficient (Wildman–Crippen LogP) is 6.27. The summed E-state index contributed by atoms with van der Waals surface area (Å²) < 4.78 is 26.2. The molecule has 0 N–H and O–H groups in total. The minimum atomic E-state index is -1.73. The van der Waals surface area contributed by atoms with Crippen LogP contribution in [0.2, 0.25) is 19.6 Å². The van der Waals surface area contributed by atoms with E-state index in [2.05, 4.69) is 60.3 Å². The van der Waals surface area contributed by atoms with Crippen molar-refractivity contribution < 1.29 is 18.6 Å². The van der Waals surface area contributed by atoms with E-state index in [-0.39, 0.29) is 34.4 Å². The lowest BCUT2D eigenvalue weighted by molar-refractivity contribution is -0.229. The van der Waals surface area contributed by atoms with E-state index in [0.717, 1.165) is 12.8 Å². The highest BCUT2D eigenvalue weighted by Crippen LogP contribution is 2.70. The van der Waals surface area contributed by atoms with Crippen LogP contribution < -0.4 is 0 Å². The van der Waals surface area contributed by atoms with Gasteiger partial charge in [-0.15, -0.1) is 0 Å². The summed E-state index contributed by atoms with van der Waals surface area (Å²) in [6.07, 6.45) is 11.6. The third-order valence-electron chi connectivity index (χ3n) is 9.48. The van der Waals surface area contributed by atoms with Gasteiger partial charge in [0.15, 0.2) is 8.32 Å². The van der Waals surface area contributed by atoms with Crippen molar-refractivity contribution in [3.63, 3.8) is 0 Å². The van der Waals surface area contributed by atoms with Crippen LogP contribution in [0.5, 0.6) is 0 Å². The monoisotopic (exact) mass is 448 g/mol. The van der Waals surface area contributed by atoms with Gasteiger partial charge in [-0.1, -0.05) is 13.8 Å². The maximum absolute atomic E-state index is 6.95. The minimum absolute atomic E-state index is 0.0716. The third kappa shape index (κ3) is 3.31. The zero-order valence-corrected chi connectivity index (χ0v) is 22.0. The molecule has 31 heavy (non-hydrogen) atoms. The van der Waals surface area contributed by atoms with Gasteiger partial charge in [-0.05, 0) is 102 Å². The fourth-order valence-electron chi connectivity index (χ4n) is 8.39. The summed E-state index contributed by atoms with van der Waals surface area (Å²) in [5.41, 5.74) is -0.0584. The lowest BCUT2D eigenvalue weighted by Crippen LogP contribution is -2.65. The summed E-state index contributed by atoms with van der Waals surface area (Å²) in [6, 6.07) is 0. The third-order valence-corrected chi connectivity index (χ3v) is 10.5. The second-order valence-corrected chi connectivity index (χ2v) is 18.0. The fourth-order valence-corrected chi connectivity index (χ4v) is 9.51. The normalized spacial score (nSPS) is 51.1. The van der Waals surface area contributed by atoms with Crippen molar-refractivity contribution >= 4 is 8.32 Å². The van der Waals surface area contributed by atoms with E-state index in [1.807, 2.05) is 6.26 Å². The Morgan fingerprint density at radius 3 is 2.42 bits per heavy atom. The Labute approximate surface area is 190 Å². The molecule has 1 spiro atoms. The molecule has 0 aromatic carbocycles. The smallest absolute Gasteiger partial charge is 0.200 e. The van der Waals surface area contributed by atoms with Crippen LogP contribution >= 0.6 is 0 Å². The van der Waals surface area contributed by atoms with Crippen LogP contribution in [0.3, 0.4) is 0 Å². The van der Waals surface area contributed by atoms with Crippen LogP contribution in [-0.2, 0) is 18.6 Å². The molecule has 3 saturated carbocycles. The molecule has 3 aliphatic carbocycles. The van der Waals surface area contributed by atoms with E-state index in [1.54, 1.807) is 0 Å². The van der Waals surface area contributed by atoms with Gasteiger partial charge in [0.05, 0.1) is 24.1 Å². The van der Waals surface area contributed by atoms with E-state index >= 15 is 0 Å². The zero-order valence-electron chi connectivity index (χ0n) is 21.0. The van der Waals surface area contributed by atoms with Crippen molar-refractivity contribution in [3.05, 3.63) is 12.3 Å². The average Bonchev–Trinajstić information content (AvgIpc) is 3.04. The Bertz CT molecular complexity index is 753. The Morgan fingerprint density at radius 2 is 1.74 bits per heavy atom. The molecule has 4 nitrogen and oxygen atoms in total. The first kappa shape index (κ1) is 22.4. The number of ether oxygens (including phenoxy) is 3. The van der Waals surface area contributed by atoms with Gasteiger partial charge in [0, 0.05) is 11.8 Å². The highest BCUT2D eigenvalue weighted by molar-refractivity contribution is 6.69. The van der Waals surface area contributed by atoms with Crippen LogP contribution in [0.4, 0.5) is 0 Å². The van der Waals surface area contributed by atoms with Crippen molar-refractivity contribution in [2.24, 2.45) is 28.6 Å². The molecule has 0 aromatic rings. The molecule has 2 bridgehead atoms. The minimum Gasteiger partial charge on any atom is -0.473 e. The number of hydrogen-bond acceptors (Lipinski definition) is 4. The van der Waals surface area contributed by atoms with Crippen LogP contribution in [0.25, 0.3) is 0 Å². The molecule has 1 saturated heterocycles. The van der Waals surface area contributed by atoms with Crippen LogP contribution in [-0.4, -0.2) is 38.0 Å². The van der Waals surface area contributed by atoms with Gasteiger partial charge in [-0.25, -0.2) is 0 Å². The first-order valence-electron chi connectivity index (χ1n) is 12.6.